The van der Waals surface area contributed by atoms with Crippen LogP contribution in [0.1, 0.15) is 20.3 Å². The Morgan fingerprint density at radius 3 is 2.57 bits per heavy atom. The Balaban J connectivity index is 1.74. The number of hydrogen-bond acceptors (Lipinski definition) is 5. The quantitative estimate of drug-likeness (QED) is 0.705. The fourth-order valence-electron chi connectivity index (χ4n) is 2.51. The van der Waals surface area contributed by atoms with Crippen LogP contribution in [-0.4, -0.2) is 48.7 Å². The first-order chi connectivity index (χ1) is 9.95. The molecule has 2 rings (SSSR count). The predicted molar refractivity (Wildman–Crippen MR) is 80.7 cm³/mol. The summed E-state index contributed by atoms with van der Waals surface area (Å²) in [6.45, 7) is 4.69. The minimum Gasteiger partial charge on any atom is -0.493 e. The van der Waals surface area contributed by atoms with Gasteiger partial charge in [0.1, 0.15) is 12.7 Å². The van der Waals surface area contributed by atoms with E-state index in [0.29, 0.717) is 18.0 Å². The molecule has 1 aliphatic carbocycles. The maximum absolute atomic E-state index is 9.99. The summed E-state index contributed by atoms with van der Waals surface area (Å²) >= 11 is 0. The van der Waals surface area contributed by atoms with E-state index in [2.05, 4.69) is 5.32 Å². The smallest absolute Gasteiger partial charge is 0.161 e. The average Bonchev–Trinajstić information content (AvgIpc) is 2.49. The van der Waals surface area contributed by atoms with Gasteiger partial charge >= 0.3 is 0 Å². The summed E-state index contributed by atoms with van der Waals surface area (Å²) in [5.74, 6) is 1.28. The molecule has 0 bridgehead atoms. The van der Waals surface area contributed by atoms with Gasteiger partial charge in [-0.1, -0.05) is 26.0 Å². The maximum Gasteiger partial charge on any atom is 0.161 e. The number of ether oxygens (including phenoxy) is 2. The maximum atomic E-state index is 9.99. The highest BCUT2D eigenvalue weighted by Gasteiger charge is 2.46. The summed E-state index contributed by atoms with van der Waals surface area (Å²) in [6, 6.07) is 7.59. The van der Waals surface area contributed by atoms with Gasteiger partial charge in [-0.3, -0.25) is 0 Å². The normalized spacial score (nSPS) is 25.0. The van der Waals surface area contributed by atoms with Crippen molar-refractivity contribution < 1.29 is 19.7 Å². The third-order valence-electron chi connectivity index (χ3n) is 4.32. The average molecular weight is 295 g/mol. The van der Waals surface area contributed by atoms with Gasteiger partial charge in [0.2, 0.25) is 0 Å². The molecule has 3 atom stereocenters. The molecule has 0 heterocycles. The highest BCUT2D eigenvalue weighted by molar-refractivity contribution is 5.39. The van der Waals surface area contributed by atoms with Gasteiger partial charge in [-0.25, -0.2) is 0 Å². The van der Waals surface area contributed by atoms with Crippen molar-refractivity contribution in [1.82, 2.24) is 5.32 Å². The SMILES string of the molecule is COc1ccccc1OCC(O)CNC1CC(O)C1(C)C. The second kappa shape index (κ2) is 6.64. The van der Waals surface area contributed by atoms with E-state index in [1.807, 2.05) is 38.1 Å². The molecule has 118 valence electrons. The molecule has 0 spiro atoms. The van der Waals surface area contributed by atoms with E-state index in [1.165, 1.54) is 0 Å². The lowest BCUT2D eigenvalue weighted by atomic mass is 9.64. The molecule has 5 nitrogen and oxygen atoms in total. The van der Waals surface area contributed by atoms with E-state index in [4.69, 9.17) is 9.47 Å². The molecule has 0 amide bonds. The predicted octanol–water partition coefficient (Wildman–Crippen LogP) is 1.18. The summed E-state index contributed by atoms with van der Waals surface area (Å²) in [7, 11) is 1.59. The second-order valence-electron chi connectivity index (χ2n) is 6.15. The largest absolute Gasteiger partial charge is 0.493 e. The van der Waals surface area contributed by atoms with Crippen molar-refractivity contribution >= 4 is 0 Å². The number of hydrogen-bond donors (Lipinski definition) is 3. The first-order valence-electron chi connectivity index (χ1n) is 7.30. The molecule has 1 saturated carbocycles. The fourth-order valence-corrected chi connectivity index (χ4v) is 2.51. The van der Waals surface area contributed by atoms with Gasteiger partial charge in [0, 0.05) is 18.0 Å². The van der Waals surface area contributed by atoms with E-state index in [0.717, 1.165) is 6.42 Å². The zero-order chi connectivity index (χ0) is 15.5. The molecule has 1 aliphatic rings. The highest BCUT2D eigenvalue weighted by Crippen LogP contribution is 2.40. The molecule has 5 heteroatoms. The van der Waals surface area contributed by atoms with Crippen molar-refractivity contribution in [2.75, 3.05) is 20.3 Å². The summed E-state index contributed by atoms with van der Waals surface area (Å²) in [5.41, 5.74) is -0.136. The van der Waals surface area contributed by atoms with Crippen molar-refractivity contribution in [2.24, 2.45) is 5.41 Å². The summed E-state index contributed by atoms with van der Waals surface area (Å²) in [4.78, 5) is 0. The Morgan fingerprint density at radius 2 is 2.00 bits per heavy atom. The van der Waals surface area contributed by atoms with E-state index in [1.54, 1.807) is 7.11 Å². The lowest BCUT2D eigenvalue weighted by molar-refractivity contribution is -0.0755. The van der Waals surface area contributed by atoms with E-state index in [-0.39, 0.29) is 24.2 Å². The van der Waals surface area contributed by atoms with Crippen molar-refractivity contribution in [3.05, 3.63) is 24.3 Å². The van der Waals surface area contributed by atoms with Crippen LogP contribution in [-0.2, 0) is 0 Å². The Hall–Kier alpha value is -1.30. The monoisotopic (exact) mass is 295 g/mol. The lowest BCUT2D eigenvalue weighted by Gasteiger charge is -2.49. The van der Waals surface area contributed by atoms with Gasteiger partial charge in [0.05, 0.1) is 13.2 Å². The first kappa shape index (κ1) is 16.1. The topological polar surface area (TPSA) is 71.0 Å². The van der Waals surface area contributed by atoms with Gasteiger partial charge < -0.3 is 25.0 Å². The second-order valence-corrected chi connectivity index (χ2v) is 6.15. The Labute approximate surface area is 125 Å². The first-order valence-corrected chi connectivity index (χ1v) is 7.30. The standard InChI is InChI=1S/C16H25NO4/c1-16(2)14(8-15(16)19)17-9-11(18)10-21-13-7-5-4-6-12(13)20-3/h4-7,11,14-15,17-19H,8-10H2,1-3H3. The third kappa shape index (κ3) is 3.67. The van der Waals surface area contributed by atoms with Crippen molar-refractivity contribution in [3.8, 4) is 11.5 Å². The molecule has 0 aliphatic heterocycles. The molecule has 0 radical (unpaired) electrons. The van der Waals surface area contributed by atoms with Crippen LogP contribution in [0.4, 0.5) is 0 Å². The number of nitrogens with one attached hydrogen (secondary N) is 1. The van der Waals surface area contributed by atoms with Gasteiger partial charge in [-0.2, -0.15) is 0 Å². The number of aliphatic hydroxyl groups is 2. The summed E-state index contributed by atoms with van der Waals surface area (Å²) in [5, 5.41) is 23.0. The molecule has 1 fully saturated rings. The molecule has 0 saturated heterocycles. The van der Waals surface area contributed by atoms with E-state index in [9.17, 15) is 10.2 Å². The van der Waals surface area contributed by atoms with Crippen LogP contribution >= 0.6 is 0 Å². The van der Waals surface area contributed by atoms with Crippen molar-refractivity contribution in [3.63, 3.8) is 0 Å². The van der Waals surface area contributed by atoms with Crippen LogP contribution in [0.2, 0.25) is 0 Å². The van der Waals surface area contributed by atoms with Crippen LogP contribution in [0.3, 0.4) is 0 Å². The number of benzene rings is 1. The molecule has 21 heavy (non-hydrogen) atoms. The van der Waals surface area contributed by atoms with Gasteiger partial charge in [0.15, 0.2) is 11.5 Å². The highest BCUT2D eigenvalue weighted by atomic mass is 16.5. The Bertz CT molecular complexity index is 463. The van der Waals surface area contributed by atoms with Crippen LogP contribution in [0.25, 0.3) is 0 Å². The van der Waals surface area contributed by atoms with Crippen molar-refractivity contribution in [2.45, 2.75) is 38.5 Å². The number of para-hydroxylation sites is 2. The van der Waals surface area contributed by atoms with Gasteiger partial charge in [0.25, 0.3) is 0 Å². The summed E-state index contributed by atoms with van der Waals surface area (Å²) < 4.78 is 10.8. The molecule has 3 N–H and O–H groups in total. The van der Waals surface area contributed by atoms with E-state index < -0.39 is 6.10 Å². The minimum absolute atomic E-state index is 0.136. The van der Waals surface area contributed by atoms with Crippen LogP contribution in [0, 0.1) is 5.41 Å². The Kier molecular flexibility index (Phi) is 5.08. The number of methoxy groups -OCH3 is 1. The third-order valence-corrected chi connectivity index (χ3v) is 4.32. The van der Waals surface area contributed by atoms with E-state index >= 15 is 0 Å². The molecule has 3 unspecified atom stereocenters. The van der Waals surface area contributed by atoms with Gasteiger partial charge in [-0.15, -0.1) is 0 Å². The van der Waals surface area contributed by atoms with Gasteiger partial charge in [-0.05, 0) is 18.6 Å². The lowest BCUT2D eigenvalue weighted by Crippen LogP contribution is -2.61. The molecule has 1 aromatic carbocycles. The van der Waals surface area contributed by atoms with Crippen LogP contribution in [0.5, 0.6) is 11.5 Å². The molecule has 0 aromatic heterocycles. The Morgan fingerprint density at radius 1 is 1.33 bits per heavy atom. The minimum atomic E-state index is -0.608. The zero-order valence-corrected chi connectivity index (χ0v) is 12.9. The molecular weight excluding hydrogens is 270 g/mol. The molecular formula is C16H25NO4. The fraction of sp³-hybridized carbons (Fsp3) is 0.625. The van der Waals surface area contributed by atoms with Crippen LogP contribution in [0.15, 0.2) is 24.3 Å². The molecule has 1 aromatic rings. The number of aliphatic hydroxyl groups excluding tert-OH is 2. The van der Waals surface area contributed by atoms with Crippen LogP contribution < -0.4 is 14.8 Å². The number of rotatable bonds is 7. The zero-order valence-electron chi connectivity index (χ0n) is 12.9. The summed E-state index contributed by atoms with van der Waals surface area (Å²) in [6.07, 6.45) is -0.145. The van der Waals surface area contributed by atoms with Crippen molar-refractivity contribution in [1.29, 1.82) is 0 Å².